The zero-order valence-corrected chi connectivity index (χ0v) is 22.5. The van der Waals surface area contributed by atoms with Crippen molar-refractivity contribution in [3.8, 4) is 0 Å². The number of amides is 1. The van der Waals surface area contributed by atoms with Crippen LogP contribution in [0.25, 0.3) is 0 Å². The molecule has 1 heterocycles. The van der Waals surface area contributed by atoms with Crippen LogP contribution < -0.4 is 0 Å². The number of nitrogens with zero attached hydrogens (tertiary/aromatic N) is 2. The van der Waals surface area contributed by atoms with E-state index in [0.29, 0.717) is 13.1 Å². The van der Waals surface area contributed by atoms with Gasteiger partial charge >= 0.3 is 0 Å². The van der Waals surface area contributed by atoms with Gasteiger partial charge in [0.2, 0.25) is 15.9 Å². The third-order valence-electron chi connectivity index (χ3n) is 6.28. The van der Waals surface area contributed by atoms with Gasteiger partial charge in [-0.05, 0) is 60.6 Å². The number of sulfonamides is 1. The molecule has 1 fully saturated rings. The summed E-state index contributed by atoms with van der Waals surface area (Å²) < 4.78 is 28.6. The second-order valence-electron chi connectivity index (χ2n) is 10.3. The Kier molecular flexibility index (Phi) is 7.50. The van der Waals surface area contributed by atoms with Crippen LogP contribution in [0.3, 0.4) is 0 Å². The number of aryl methyl sites for hydroxylation is 1. The smallest absolute Gasteiger partial charge is 0.243 e. The number of carbonyl (C=O) groups excluding carboxylic acids is 1. The summed E-state index contributed by atoms with van der Waals surface area (Å²) in [6.07, 6.45) is 1.57. The normalized spacial score (nSPS) is 14.3. The first kappa shape index (κ1) is 25.6. The molecule has 1 aliphatic rings. The van der Waals surface area contributed by atoms with Crippen LogP contribution in [0.1, 0.15) is 54.5 Å². The monoisotopic (exact) mass is 510 g/mol. The first-order chi connectivity index (χ1) is 16.5. The van der Waals surface area contributed by atoms with Gasteiger partial charge in [-0.25, -0.2) is 8.42 Å². The molecule has 0 unspecified atom stereocenters. The Morgan fingerprint density at radius 3 is 2.14 bits per heavy atom. The first-order valence-electron chi connectivity index (χ1n) is 12.0. The van der Waals surface area contributed by atoms with Gasteiger partial charge in [0.1, 0.15) is 0 Å². The van der Waals surface area contributed by atoms with Crippen molar-refractivity contribution in [3.63, 3.8) is 0 Å². The highest BCUT2D eigenvalue weighted by molar-refractivity contribution is 7.89. The summed E-state index contributed by atoms with van der Waals surface area (Å²) in [5.74, 6) is -0.179. The molecule has 0 radical (unpaired) electrons. The van der Waals surface area contributed by atoms with Crippen molar-refractivity contribution >= 4 is 27.3 Å². The number of hydrogen-bond acceptors (Lipinski definition) is 4. The maximum absolute atomic E-state index is 13.6. The lowest BCUT2D eigenvalue weighted by atomic mass is 9.87. The number of hydrogen-bond donors (Lipinski definition) is 0. The van der Waals surface area contributed by atoms with Crippen molar-refractivity contribution in [2.45, 2.75) is 70.0 Å². The third kappa shape index (κ3) is 6.40. The summed E-state index contributed by atoms with van der Waals surface area (Å²) in [6.45, 7) is 9.10. The van der Waals surface area contributed by atoms with E-state index in [1.165, 1.54) is 9.18 Å². The van der Waals surface area contributed by atoms with Gasteiger partial charge in [-0.3, -0.25) is 4.79 Å². The minimum Gasteiger partial charge on any atom is -0.332 e. The lowest BCUT2D eigenvalue weighted by molar-refractivity contribution is -0.132. The lowest BCUT2D eigenvalue weighted by Crippen LogP contribution is -2.43. The molecule has 5 nitrogen and oxygen atoms in total. The van der Waals surface area contributed by atoms with Crippen LogP contribution in [0.15, 0.2) is 71.6 Å². The van der Waals surface area contributed by atoms with Gasteiger partial charge in [-0.2, -0.15) is 4.31 Å². The lowest BCUT2D eigenvalue weighted by Gasteiger charge is -2.27. The Labute approximate surface area is 213 Å². The molecule has 0 spiro atoms. The van der Waals surface area contributed by atoms with E-state index < -0.39 is 10.0 Å². The maximum atomic E-state index is 13.6. The average molecular weight is 511 g/mol. The van der Waals surface area contributed by atoms with E-state index >= 15 is 0 Å². The molecule has 0 N–H and O–H groups in total. The van der Waals surface area contributed by atoms with Gasteiger partial charge in [-0.1, -0.05) is 63.2 Å². The molecule has 0 bridgehead atoms. The van der Waals surface area contributed by atoms with E-state index in [-0.39, 0.29) is 28.8 Å². The molecule has 1 amide bonds. The fourth-order valence-electron chi connectivity index (χ4n) is 4.06. The van der Waals surface area contributed by atoms with E-state index in [2.05, 4.69) is 20.8 Å². The van der Waals surface area contributed by atoms with Crippen LogP contribution in [0.5, 0.6) is 0 Å². The van der Waals surface area contributed by atoms with Crippen molar-refractivity contribution in [1.82, 2.24) is 9.21 Å². The molecular weight excluding hydrogens is 476 g/mol. The zero-order chi connectivity index (χ0) is 25.2. The van der Waals surface area contributed by atoms with E-state index in [0.717, 1.165) is 28.8 Å². The highest BCUT2D eigenvalue weighted by atomic mass is 32.2. The fourth-order valence-corrected chi connectivity index (χ4v) is 6.60. The molecule has 35 heavy (non-hydrogen) atoms. The summed E-state index contributed by atoms with van der Waals surface area (Å²) in [7, 11) is -3.78. The standard InChI is InChI=1S/C28H34N2O3S2/c1-21-10-15-25(34-21)19-29(18-22-8-6-5-7-9-22)27(31)20-30(24-13-14-24)35(32,33)26-16-11-23(12-17-26)28(2,3)4/h5-12,15-17,24H,13-14,18-20H2,1-4H3. The van der Waals surface area contributed by atoms with Crippen molar-refractivity contribution in [2.24, 2.45) is 0 Å². The maximum Gasteiger partial charge on any atom is 0.243 e. The Balaban J connectivity index is 1.57. The van der Waals surface area contributed by atoms with Gasteiger partial charge in [0.05, 0.1) is 18.0 Å². The molecule has 1 aliphatic carbocycles. The Morgan fingerprint density at radius 1 is 0.943 bits per heavy atom. The number of rotatable bonds is 9. The summed E-state index contributed by atoms with van der Waals surface area (Å²) in [4.78, 5) is 17.9. The molecule has 2 aromatic carbocycles. The molecule has 3 aromatic rings. The molecule has 0 atom stereocenters. The third-order valence-corrected chi connectivity index (χ3v) is 9.18. The van der Waals surface area contributed by atoms with Crippen molar-refractivity contribution in [2.75, 3.05) is 6.54 Å². The SMILES string of the molecule is Cc1ccc(CN(Cc2ccccc2)C(=O)CN(C2CC2)S(=O)(=O)c2ccc(C(C)(C)C)cc2)s1. The molecular formula is C28H34N2O3S2. The van der Waals surface area contributed by atoms with Crippen LogP contribution in [-0.4, -0.2) is 36.1 Å². The van der Waals surface area contributed by atoms with Gasteiger partial charge in [-0.15, -0.1) is 11.3 Å². The molecule has 0 saturated heterocycles. The van der Waals surface area contributed by atoms with Crippen LogP contribution in [-0.2, 0) is 33.3 Å². The summed E-state index contributed by atoms with van der Waals surface area (Å²) in [5, 5.41) is 0. The van der Waals surface area contributed by atoms with E-state index in [1.807, 2.05) is 61.5 Å². The molecule has 1 saturated carbocycles. The molecule has 7 heteroatoms. The molecule has 4 rings (SSSR count). The topological polar surface area (TPSA) is 57.7 Å². The first-order valence-corrected chi connectivity index (χ1v) is 14.3. The second-order valence-corrected chi connectivity index (χ2v) is 13.6. The van der Waals surface area contributed by atoms with Gasteiger partial charge in [0, 0.05) is 22.3 Å². The van der Waals surface area contributed by atoms with Gasteiger partial charge < -0.3 is 4.90 Å². The minimum absolute atomic E-state index is 0.0630. The van der Waals surface area contributed by atoms with Gasteiger partial charge in [0.15, 0.2) is 0 Å². The summed E-state index contributed by atoms with van der Waals surface area (Å²) in [5.41, 5.74) is 2.03. The van der Waals surface area contributed by atoms with Crippen LogP contribution in [0, 0.1) is 6.92 Å². The fraction of sp³-hybridized carbons (Fsp3) is 0.393. The van der Waals surface area contributed by atoms with Crippen molar-refractivity contribution in [3.05, 3.63) is 87.6 Å². The Hall–Kier alpha value is -2.48. The number of thiophene rings is 1. The number of benzene rings is 2. The van der Waals surface area contributed by atoms with E-state index in [1.54, 1.807) is 28.4 Å². The van der Waals surface area contributed by atoms with Crippen LogP contribution >= 0.6 is 11.3 Å². The van der Waals surface area contributed by atoms with Crippen molar-refractivity contribution < 1.29 is 13.2 Å². The highest BCUT2D eigenvalue weighted by Gasteiger charge is 2.40. The zero-order valence-electron chi connectivity index (χ0n) is 20.9. The number of carbonyl (C=O) groups is 1. The van der Waals surface area contributed by atoms with Crippen LogP contribution in [0.4, 0.5) is 0 Å². The Bertz CT molecular complexity index is 1260. The summed E-state index contributed by atoms with van der Waals surface area (Å²) in [6, 6.07) is 20.9. The van der Waals surface area contributed by atoms with Crippen LogP contribution in [0.2, 0.25) is 0 Å². The highest BCUT2D eigenvalue weighted by Crippen LogP contribution is 2.33. The minimum atomic E-state index is -3.78. The summed E-state index contributed by atoms with van der Waals surface area (Å²) >= 11 is 1.66. The van der Waals surface area contributed by atoms with Gasteiger partial charge in [0.25, 0.3) is 0 Å². The second kappa shape index (κ2) is 10.2. The van der Waals surface area contributed by atoms with E-state index in [9.17, 15) is 13.2 Å². The average Bonchev–Trinajstić information content (AvgIpc) is 3.57. The molecule has 186 valence electrons. The largest absolute Gasteiger partial charge is 0.332 e. The predicted molar refractivity (Wildman–Crippen MR) is 142 cm³/mol. The van der Waals surface area contributed by atoms with Crippen molar-refractivity contribution in [1.29, 1.82) is 0 Å². The quantitative estimate of drug-likeness (QED) is 0.369. The predicted octanol–water partition coefficient (Wildman–Crippen LogP) is 5.74. The Morgan fingerprint density at radius 2 is 1.60 bits per heavy atom. The molecule has 1 aromatic heterocycles. The molecule has 0 aliphatic heterocycles. The van der Waals surface area contributed by atoms with E-state index in [4.69, 9.17) is 0 Å².